The van der Waals surface area contributed by atoms with Crippen LogP contribution in [0.1, 0.15) is 58.1 Å². The molecular weight excluding hydrogens is 721 g/mol. The van der Waals surface area contributed by atoms with Crippen LogP contribution in [-0.2, 0) is 22.4 Å². The fraction of sp³-hybridized carbons (Fsp3) is 0.234. The molecule has 1 saturated heterocycles. The summed E-state index contributed by atoms with van der Waals surface area (Å²) in [5, 5.41) is 5.89. The van der Waals surface area contributed by atoms with Gasteiger partial charge in [0.05, 0.1) is 24.1 Å². The summed E-state index contributed by atoms with van der Waals surface area (Å²) in [5.41, 5.74) is 7.72. The first-order chi connectivity index (χ1) is 27.8. The molecule has 6 aromatic rings. The predicted molar refractivity (Wildman–Crippen MR) is 220 cm³/mol. The molecule has 2 aromatic heterocycles. The Hall–Kier alpha value is -6.26. The van der Waals surface area contributed by atoms with Gasteiger partial charge in [0.2, 0.25) is 5.91 Å². The smallest absolute Gasteiger partial charge is 0.252 e. The highest BCUT2D eigenvalue weighted by atomic mass is 19.1. The number of amides is 2. The van der Waals surface area contributed by atoms with E-state index in [-0.39, 0.29) is 29.6 Å². The molecule has 1 unspecified atom stereocenters. The standard InChI is InChI=1S/C47H45F2N5O3/c1-32-14-17-38(29-51-32)47(56)50-24-6-9-34-8-4-10-36(27-34)41-28-37(20-22-43(41)49)44-31-54(25-26-57-44)45-23-21-39(30-52-45)53-46(55)13-5-7-33-15-18-35(19-16-33)40-11-2-3-12-42(40)48/h2-4,8,10-12,14-23,27-30,44H,5-7,9,13,24-26,31H2,1H3,(H,50,56)(H,53,55). The van der Waals surface area contributed by atoms with Crippen molar-refractivity contribution >= 4 is 23.3 Å². The molecule has 10 heteroatoms. The first kappa shape index (κ1) is 39.0. The Labute approximate surface area is 332 Å². The summed E-state index contributed by atoms with van der Waals surface area (Å²) in [7, 11) is 0. The molecule has 4 aromatic carbocycles. The van der Waals surface area contributed by atoms with Crippen molar-refractivity contribution in [2.75, 3.05) is 36.5 Å². The number of hydrogen-bond acceptors (Lipinski definition) is 6. The van der Waals surface area contributed by atoms with E-state index >= 15 is 4.39 Å². The summed E-state index contributed by atoms with van der Waals surface area (Å²) in [6.45, 7) is 4.06. The van der Waals surface area contributed by atoms with Gasteiger partial charge in [-0.15, -0.1) is 0 Å². The summed E-state index contributed by atoms with van der Waals surface area (Å²) >= 11 is 0. The van der Waals surface area contributed by atoms with E-state index in [1.807, 2.05) is 85.8 Å². The van der Waals surface area contributed by atoms with Crippen molar-refractivity contribution in [1.29, 1.82) is 0 Å². The first-order valence-electron chi connectivity index (χ1n) is 19.3. The lowest BCUT2D eigenvalue weighted by Gasteiger charge is -2.34. The second-order valence-corrected chi connectivity index (χ2v) is 14.3. The normalized spacial score (nSPS) is 13.9. The molecular formula is C47H45F2N5O3. The Kier molecular flexibility index (Phi) is 12.7. The van der Waals surface area contributed by atoms with Crippen molar-refractivity contribution in [2.24, 2.45) is 0 Å². The maximum atomic E-state index is 15.3. The second kappa shape index (κ2) is 18.6. The Balaban J connectivity index is 0.890. The molecule has 0 aliphatic carbocycles. The van der Waals surface area contributed by atoms with Crippen molar-refractivity contribution in [3.63, 3.8) is 0 Å². The molecule has 0 spiro atoms. The summed E-state index contributed by atoms with van der Waals surface area (Å²) in [6, 6.07) is 34.8. The predicted octanol–water partition coefficient (Wildman–Crippen LogP) is 9.30. The van der Waals surface area contributed by atoms with E-state index in [0.29, 0.717) is 61.5 Å². The fourth-order valence-corrected chi connectivity index (χ4v) is 6.99. The van der Waals surface area contributed by atoms with Gasteiger partial charge in [-0.3, -0.25) is 14.6 Å². The zero-order valence-corrected chi connectivity index (χ0v) is 31.9. The largest absolute Gasteiger partial charge is 0.370 e. The number of nitrogens with one attached hydrogen (secondary N) is 2. The van der Waals surface area contributed by atoms with E-state index in [4.69, 9.17) is 4.74 Å². The van der Waals surface area contributed by atoms with Crippen LogP contribution in [0, 0.1) is 18.6 Å². The van der Waals surface area contributed by atoms with Gasteiger partial charge in [-0.1, -0.05) is 72.8 Å². The summed E-state index contributed by atoms with van der Waals surface area (Å²) < 4.78 is 35.6. The molecule has 0 bridgehead atoms. The van der Waals surface area contributed by atoms with Gasteiger partial charge in [-0.05, 0) is 103 Å². The van der Waals surface area contributed by atoms with E-state index < -0.39 is 0 Å². The fourth-order valence-electron chi connectivity index (χ4n) is 6.99. The van der Waals surface area contributed by atoms with Gasteiger partial charge < -0.3 is 20.3 Å². The lowest BCUT2D eigenvalue weighted by atomic mass is 9.97. The molecule has 290 valence electrons. The third-order valence-corrected chi connectivity index (χ3v) is 10.1. The van der Waals surface area contributed by atoms with Crippen molar-refractivity contribution in [1.82, 2.24) is 15.3 Å². The number of aryl methyl sites for hydroxylation is 3. The Morgan fingerprint density at radius 1 is 0.772 bits per heavy atom. The zero-order chi connectivity index (χ0) is 39.6. The van der Waals surface area contributed by atoms with Gasteiger partial charge in [0.1, 0.15) is 23.6 Å². The minimum atomic E-state index is -0.308. The average Bonchev–Trinajstić information content (AvgIpc) is 3.24. The molecule has 0 radical (unpaired) electrons. The van der Waals surface area contributed by atoms with Crippen molar-refractivity contribution in [2.45, 2.75) is 45.1 Å². The second-order valence-electron chi connectivity index (χ2n) is 14.3. The van der Waals surface area contributed by atoms with E-state index in [1.165, 1.54) is 12.1 Å². The molecule has 2 amide bonds. The van der Waals surface area contributed by atoms with Crippen LogP contribution >= 0.6 is 0 Å². The van der Waals surface area contributed by atoms with Crippen LogP contribution in [0.25, 0.3) is 22.3 Å². The van der Waals surface area contributed by atoms with Crippen molar-refractivity contribution in [3.8, 4) is 22.3 Å². The number of rotatable bonds is 14. The number of benzene rings is 4. The topological polar surface area (TPSA) is 96.5 Å². The van der Waals surface area contributed by atoms with E-state index in [1.54, 1.807) is 36.7 Å². The molecule has 1 atom stereocenters. The van der Waals surface area contributed by atoms with Crippen molar-refractivity contribution in [3.05, 3.63) is 167 Å². The Bertz CT molecular complexity index is 2300. The number of halogens is 2. The van der Waals surface area contributed by atoms with E-state index in [0.717, 1.165) is 58.6 Å². The van der Waals surface area contributed by atoms with E-state index in [2.05, 4.69) is 25.5 Å². The van der Waals surface area contributed by atoms with Gasteiger partial charge in [-0.2, -0.15) is 0 Å². The van der Waals surface area contributed by atoms with Crippen LogP contribution in [0.3, 0.4) is 0 Å². The number of nitrogens with zero attached hydrogens (tertiary/aromatic N) is 3. The summed E-state index contributed by atoms with van der Waals surface area (Å²) in [5.74, 6) is -0.0276. The van der Waals surface area contributed by atoms with E-state index in [9.17, 15) is 14.0 Å². The quantitative estimate of drug-likeness (QED) is 0.107. The number of carbonyl (C=O) groups excluding carboxylic acids is 2. The highest BCUT2D eigenvalue weighted by molar-refractivity contribution is 5.93. The number of pyridine rings is 2. The van der Waals surface area contributed by atoms with Gasteiger partial charge in [0.15, 0.2) is 0 Å². The maximum Gasteiger partial charge on any atom is 0.252 e. The molecule has 2 N–H and O–H groups in total. The van der Waals surface area contributed by atoms with Crippen LogP contribution in [0.4, 0.5) is 20.3 Å². The lowest BCUT2D eigenvalue weighted by molar-refractivity contribution is -0.116. The number of hydrogen-bond donors (Lipinski definition) is 2. The third-order valence-electron chi connectivity index (χ3n) is 10.1. The monoisotopic (exact) mass is 765 g/mol. The molecule has 57 heavy (non-hydrogen) atoms. The number of anilines is 2. The number of morpholine rings is 1. The van der Waals surface area contributed by atoms with Crippen LogP contribution in [0.5, 0.6) is 0 Å². The van der Waals surface area contributed by atoms with Crippen LogP contribution in [-0.4, -0.2) is 48.0 Å². The lowest BCUT2D eigenvalue weighted by Crippen LogP contribution is -2.38. The van der Waals surface area contributed by atoms with Gasteiger partial charge in [0, 0.05) is 49.1 Å². The highest BCUT2D eigenvalue weighted by Crippen LogP contribution is 2.31. The van der Waals surface area contributed by atoms with Crippen molar-refractivity contribution < 1.29 is 23.1 Å². The summed E-state index contributed by atoms with van der Waals surface area (Å²) in [6.07, 6.45) is 6.19. The minimum absolute atomic E-state index is 0.0862. The van der Waals surface area contributed by atoms with Gasteiger partial charge in [0.25, 0.3) is 5.91 Å². The molecule has 8 nitrogen and oxygen atoms in total. The van der Waals surface area contributed by atoms with Crippen LogP contribution in [0.15, 0.2) is 128 Å². The zero-order valence-electron chi connectivity index (χ0n) is 31.9. The molecule has 1 aliphatic rings. The number of ether oxygens (including phenoxy) is 1. The van der Waals surface area contributed by atoms with Crippen LogP contribution < -0.4 is 15.5 Å². The number of aromatic nitrogens is 2. The minimum Gasteiger partial charge on any atom is -0.370 e. The SMILES string of the molecule is Cc1ccc(C(=O)NCCCc2cccc(-c3cc(C4CN(c5ccc(NC(=O)CCCc6ccc(-c7ccccc7F)cc6)cn5)CCO4)ccc3F)c2)cn1. The number of carbonyl (C=O) groups is 2. The molecule has 3 heterocycles. The Morgan fingerprint density at radius 3 is 2.39 bits per heavy atom. The average molecular weight is 766 g/mol. The molecule has 1 fully saturated rings. The summed E-state index contributed by atoms with van der Waals surface area (Å²) in [4.78, 5) is 36.1. The van der Waals surface area contributed by atoms with Crippen LogP contribution in [0.2, 0.25) is 0 Å². The maximum absolute atomic E-state index is 15.3. The highest BCUT2D eigenvalue weighted by Gasteiger charge is 2.24. The molecule has 7 rings (SSSR count). The molecule has 0 saturated carbocycles. The third kappa shape index (κ3) is 10.3. The van der Waals surface area contributed by atoms with Gasteiger partial charge in [-0.25, -0.2) is 13.8 Å². The Morgan fingerprint density at radius 2 is 1.60 bits per heavy atom. The van der Waals surface area contributed by atoms with Gasteiger partial charge >= 0.3 is 0 Å². The molecule has 1 aliphatic heterocycles. The first-order valence-corrected chi connectivity index (χ1v) is 19.3.